The van der Waals surface area contributed by atoms with Crippen LogP contribution in [0, 0.1) is 44.1 Å². The summed E-state index contributed by atoms with van der Waals surface area (Å²) in [5.74, 6) is -0.429. The molecule has 0 bridgehead atoms. The number of carbonyl (C=O) groups is 2. The van der Waals surface area contributed by atoms with Crippen LogP contribution in [0.15, 0.2) is 18.2 Å². The minimum Gasteiger partial charge on any atom is -0.508 e. The second-order valence-electron chi connectivity index (χ2n) is 4.18. The van der Waals surface area contributed by atoms with Crippen molar-refractivity contribution < 1.29 is 63.5 Å². The number of benzene rings is 1. The van der Waals surface area contributed by atoms with Crippen molar-refractivity contribution in [3.05, 3.63) is 23.8 Å². The van der Waals surface area contributed by atoms with Crippen LogP contribution in [0.5, 0.6) is 5.75 Å². The number of ether oxygens (including phenoxy) is 1. The number of methoxy groups -OCH3 is 1. The molecule has 1 heterocycles. The molecule has 1 aliphatic heterocycles. The topological polar surface area (TPSA) is 66.8 Å². The van der Waals surface area contributed by atoms with Crippen LogP contribution in [-0.2, 0) is 20.7 Å². The Morgan fingerprint density at radius 1 is 1.42 bits per heavy atom. The molecule has 0 fully saturated rings. The number of fused-ring (bicyclic) bond motifs is 1. The van der Waals surface area contributed by atoms with Gasteiger partial charge in [0, 0.05) is 56.0 Å². The summed E-state index contributed by atoms with van der Waals surface area (Å²) in [4.78, 5) is 24.7. The molecule has 0 atom stereocenters. The Morgan fingerprint density at radius 2 is 2.16 bits per heavy atom. The van der Waals surface area contributed by atoms with E-state index >= 15 is 0 Å². The van der Waals surface area contributed by atoms with E-state index in [4.69, 9.17) is 0 Å². The molecule has 1 aromatic rings. The fraction of sp³-hybridized carbons (Fsp3) is 0.385. The van der Waals surface area contributed by atoms with E-state index in [1.54, 1.807) is 18.2 Å². The molecule has 1 amide bonds. The molecular formula is C13H15AcNO4. The summed E-state index contributed by atoms with van der Waals surface area (Å²) in [6, 6.07) is 4.99. The molecule has 0 saturated carbocycles. The normalized spacial score (nSPS) is 14.2. The minimum absolute atomic E-state index is 0. The molecule has 1 aromatic carbocycles. The first-order valence-electron chi connectivity index (χ1n) is 5.81. The van der Waals surface area contributed by atoms with E-state index in [1.165, 1.54) is 12.0 Å². The third-order valence-corrected chi connectivity index (χ3v) is 3.05. The van der Waals surface area contributed by atoms with Crippen LogP contribution in [0.3, 0.4) is 0 Å². The number of anilines is 1. The Labute approximate surface area is 147 Å². The van der Waals surface area contributed by atoms with Gasteiger partial charge < -0.3 is 14.7 Å². The third-order valence-electron chi connectivity index (χ3n) is 3.05. The summed E-state index contributed by atoms with van der Waals surface area (Å²) >= 11 is 0. The number of amides is 1. The Kier molecular flexibility index (Phi) is 6.28. The SMILES string of the molecule is COC(=O)CN1C(=O)CCCc2c(O)cccc21.[Ac]. The fourth-order valence-corrected chi connectivity index (χ4v) is 2.12. The van der Waals surface area contributed by atoms with Gasteiger partial charge in [-0.3, -0.25) is 9.59 Å². The maximum Gasteiger partial charge on any atom is 0.325 e. The number of hydrogen-bond acceptors (Lipinski definition) is 4. The predicted molar refractivity (Wildman–Crippen MR) is 65.4 cm³/mol. The van der Waals surface area contributed by atoms with Crippen LogP contribution >= 0.6 is 0 Å². The molecule has 6 heteroatoms. The minimum atomic E-state index is -0.473. The van der Waals surface area contributed by atoms with Gasteiger partial charge in [0.25, 0.3) is 0 Å². The Bertz CT molecular complexity index is 490. The van der Waals surface area contributed by atoms with E-state index in [-0.39, 0.29) is 62.3 Å². The second kappa shape index (κ2) is 7.26. The van der Waals surface area contributed by atoms with Gasteiger partial charge in [-0.2, -0.15) is 0 Å². The van der Waals surface area contributed by atoms with E-state index in [1.807, 2.05) is 0 Å². The van der Waals surface area contributed by atoms with E-state index < -0.39 is 5.97 Å². The van der Waals surface area contributed by atoms with Crippen molar-refractivity contribution in [1.82, 2.24) is 0 Å². The van der Waals surface area contributed by atoms with Crippen LogP contribution in [0.2, 0.25) is 0 Å². The van der Waals surface area contributed by atoms with Gasteiger partial charge in [-0.15, -0.1) is 0 Å². The molecule has 5 nitrogen and oxygen atoms in total. The molecule has 99 valence electrons. The summed E-state index contributed by atoms with van der Waals surface area (Å²) in [7, 11) is 1.29. The van der Waals surface area contributed by atoms with Crippen molar-refractivity contribution in [1.29, 1.82) is 0 Å². The van der Waals surface area contributed by atoms with Gasteiger partial charge in [-0.25, -0.2) is 0 Å². The first kappa shape index (κ1) is 16.5. The number of aromatic hydroxyl groups is 1. The van der Waals surface area contributed by atoms with Crippen LogP contribution in [0.1, 0.15) is 18.4 Å². The second-order valence-corrected chi connectivity index (χ2v) is 4.18. The Hall–Kier alpha value is -0.598. The molecule has 19 heavy (non-hydrogen) atoms. The van der Waals surface area contributed by atoms with E-state index in [2.05, 4.69) is 4.74 Å². The number of carbonyl (C=O) groups excluding carboxylic acids is 2. The van der Waals surface area contributed by atoms with Crippen molar-refractivity contribution in [2.75, 3.05) is 18.6 Å². The molecule has 0 spiro atoms. The number of esters is 1. The molecule has 1 N–H and O–H groups in total. The largest absolute Gasteiger partial charge is 0.508 e. The van der Waals surface area contributed by atoms with Crippen molar-refractivity contribution in [2.24, 2.45) is 0 Å². The summed E-state index contributed by atoms with van der Waals surface area (Å²) in [6.45, 7) is -0.119. The van der Waals surface area contributed by atoms with Gasteiger partial charge in [0.2, 0.25) is 5.91 Å². The number of nitrogens with zero attached hydrogens (tertiary/aromatic N) is 1. The van der Waals surface area contributed by atoms with Crippen LogP contribution < -0.4 is 4.90 Å². The van der Waals surface area contributed by atoms with Gasteiger partial charge in [-0.05, 0) is 25.0 Å². The van der Waals surface area contributed by atoms with E-state index in [0.717, 1.165) is 0 Å². The monoisotopic (exact) mass is 476 g/mol. The molecular weight excluding hydrogens is 461 g/mol. The number of hydrogen-bond donors (Lipinski definition) is 1. The van der Waals surface area contributed by atoms with Gasteiger partial charge in [-0.1, -0.05) is 6.07 Å². The Morgan fingerprint density at radius 3 is 2.84 bits per heavy atom. The number of rotatable bonds is 2. The zero-order valence-electron chi connectivity index (χ0n) is 10.8. The fourth-order valence-electron chi connectivity index (χ4n) is 2.12. The summed E-state index contributed by atoms with van der Waals surface area (Å²) in [6.07, 6.45) is 1.66. The maximum absolute atomic E-state index is 12.0. The summed E-state index contributed by atoms with van der Waals surface area (Å²) < 4.78 is 4.59. The molecule has 0 unspecified atom stereocenters. The molecule has 1 radical (unpaired) electrons. The zero-order valence-corrected chi connectivity index (χ0v) is 15.5. The van der Waals surface area contributed by atoms with Gasteiger partial charge >= 0.3 is 5.97 Å². The Balaban J connectivity index is 0.00000180. The van der Waals surface area contributed by atoms with Crippen LogP contribution in [-0.4, -0.2) is 30.6 Å². The van der Waals surface area contributed by atoms with Crippen molar-refractivity contribution in [3.8, 4) is 5.75 Å². The molecule has 0 aliphatic carbocycles. The predicted octanol–water partition coefficient (Wildman–Crippen LogP) is 1.23. The average molecular weight is 476 g/mol. The smallest absolute Gasteiger partial charge is 0.325 e. The first-order valence-corrected chi connectivity index (χ1v) is 5.81. The third kappa shape index (κ3) is 3.70. The standard InChI is InChI=1S/C13H15NO4.Ac/c1-18-13(17)8-14-10-5-3-6-11(15)9(10)4-2-7-12(14)16;/h3,5-6,15H,2,4,7-8H2,1H3;. The van der Waals surface area contributed by atoms with Crippen LogP contribution in [0.25, 0.3) is 0 Å². The average Bonchev–Trinajstić information content (AvgIpc) is 2.51. The quantitative estimate of drug-likeness (QED) is 0.653. The molecule has 2 rings (SSSR count). The van der Waals surface area contributed by atoms with Gasteiger partial charge in [0.1, 0.15) is 12.3 Å². The van der Waals surface area contributed by atoms with Gasteiger partial charge in [0.05, 0.1) is 12.8 Å². The van der Waals surface area contributed by atoms with E-state index in [9.17, 15) is 14.7 Å². The van der Waals surface area contributed by atoms with Crippen molar-refractivity contribution >= 4 is 17.6 Å². The first-order chi connectivity index (χ1) is 8.63. The molecule has 1 aliphatic rings. The van der Waals surface area contributed by atoms with Gasteiger partial charge in [0.15, 0.2) is 0 Å². The number of phenolic OH excluding ortho intramolecular Hbond substituents is 1. The van der Waals surface area contributed by atoms with Crippen molar-refractivity contribution in [2.45, 2.75) is 19.3 Å². The molecule has 0 saturated heterocycles. The zero-order chi connectivity index (χ0) is 13.1. The maximum atomic E-state index is 12.0. The molecule has 0 aromatic heterocycles. The van der Waals surface area contributed by atoms with E-state index in [0.29, 0.717) is 30.5 Å². The summed E-state index contributed by atoms with van der Waals surface area (Å²) in [5.41, 5.74) is 1.31. The summed E-state index contributed by atoms with van der Waals surface area (Å²) in [5, 5.41) is 9.82. The van der Waals surface area contributed by atoms with Crippen molar-refractivity contribution in [3.63, 3.8) is 0 Å². The van der Waals surface area contributed by atoms with Crippen LogP contribution in [0.4, 0.5) is 5.69 Å². The number of phenols is 1.